The van der Waals surface area contributed by atoms with E-state index in [4.69, 9.17) is 11.6 Å². The predicted molar refractivity (Wildman–Crippen MR) is 87.7 cm³/mol. The summed E-state index contributed by atoms with van der Waals surface area (Å²) in [5.74, 6) is -0.266. The van der Waals surface area contributed by atoms with E-state index >= 15 is 0 Å². The molecule has 1 aromatic carbocycles. The van der Waals surface area contributed by atoms with Crippen molar-refractivity contribution in [1.29, 1.82) is 0 Å². The van der Waals surface area contributed by atoms with Crippen LogP contribution in [0, 0.1) is 5.82 Å². The van der Waals surface area contributed by atoms with E-state index in [9.17, 15) is 4.39 Å². The second-order valence-corrected chi connectivity index (χ2v) is 6.82. The molecule has 2 aromatic rings. The van der Waals surface area contributed by atoms with Crippen molar-refractivity contribution in [3.05, 3.63) is 50.2 Å². The van der Waals surface area contributed by atoms with E-state index in [1.807, 2.05) is 0 Å². The Morgan fingerprint density at radius 3 is 2.76 bits per heavy atom. The van der Waals surface area contributed by atoms with Crippen LogP contribution in [0.5, 0.6) is 0 Å². The molecular weight excluding hydrogens is 307 g/mol. The molecule has 0 unspecified atom stereocenters. The molecule has 0 bridgehead atoms. The van der Waals surface area contributed by atoms with Gasteiger partial charge in [-0.15, -0.1) is 11.3 Å². The minimum atomic E-state index is -0.266. The Balaban J connectivity index is 2.21. The van der Waals surface area contributed by atoms with Gasteiger partial charge in [-0.05, 0) is 18.6 Å². The number of hydrogen-bond donors (Lipinski definition) is 1. The van der Waals surface area contributed by atoms with Crippen LogP contribution in [0.4, 0.5) is 4.39 Å². The van der Waals surface area contributed by atoms with Gasteiger partial charge in [-0.1, -0.05) is 38.4 Å². The molecule has 0 saturated carbocycles. The van der Waals surface area contributed by atoms with E-state index in [0.29, 0.717) is 23.0 Å². The van der Waals surface area contributed by atoms with Crippen molar-refractivity contribution in [2.75, 3.05) is 0 Å². The Hall–Kier alpha value is -0.970. The first-order valence-electron chi connectivity index (χ1n) is 7.15. The molecule has 0 amide bonds. The van der Waals surface area contributed by atoms with Crippen LogP contribution in [0.15, 0.2) is 18.2 Å². The molecule has 0 saturated heterocycles. The van der Waals surface area contributed by atoms with Crippen molar-refractivity contribution in [2.24, 2.45) is 0 Å². The van der Waals surface area contributed by atoms with E-state index in [1.165, 1.54) is 10.9 Å². The normalized spacial score (nSPS) is 11.3. The van der Waals surface area contributed by atoms with Gasteiger partial charge in [-0.25, -0.2) is 9.37 Å². The summed E-state index contributed by atoms with van der Waals surface area (Å²) in [6.07, 6.45) is 1.33. The molecule has 1 heterocycles. The maximum atomic E-state index is 13.9. The van der Waals surface area contributed by atoms with Gasteiger partial charge in [0.15, 0.2) is 0 Å². The molecule has 5 heteroatoms. The topological polar surface area (TPSA) is 24.9 Å². The SMILES string of the molecule is CCc1nc(Cc2c(F)cccc2Cl)sc1CNC(C)C. The fourth-order valence-electron chi connectivity index (χ4n) is 2.08. The first kappa shape index (κ1) is 16.4. The van der Waals surface area contributed by atoms with Gasteiger partial charge in [0.2, 0.25) is 0 Å². The Bertz CT molecular complexity index is 590. The van der Waals surface area contributed by atoms with Gasteiger partial charge in [0.05, 0.1) is 10.7 Å². The molecule has 0 radical (unpaired) electrons. The third-order valence-corrected chi connectivity index (χ3v) is 4.67. The maximum absolute atomic E-state index is 13.9. The number of benzene rings is 1. The summed E-state index contributed by atoms with van der Waals surface area (Å²) in [5, 5.41) is 4.79. The van der Waals surface area contributed by atoms with Crippen LogP contribution < -0.4 is 5.32 Å². The van der Waals surface area contributed by atoms with E-state index in [-0.39, 0.29) is 5.82 Å². The van der Waals surface area contributed by atoms with E-state index in [2.05, 4.69) is 31.1 Å². The largest absolute Gasteiger partial charge is 0.310 e. The number of nitrogens with one attached hydrogen (secondary N) is 1. The number of hydrogen-bond acceptors (Lipinski definition) is 3. The molecule has 0 aliphatic rings. The number of halogens is 2. The standard InChI is InChI=1S/C16H20ClFN2S/c1-4-14-15(9-19-10(2)3)21-16(20-14)8-11-12(17)6-5-7-13(11)18/h5-7,10,19H,4,8-9H2,1-3H3. The molecule has 0 atom stereocenters. The lowest BCUT2D eigenvalue weighted by atomic mass is 10.1. The summed E-state index contributed by atoms with van der Waals surface area (Å²) in [4.78, 5) is 5.87. The molecular formula is C16H20ClFN2S. The smallest absolute Gasteiger partial charge is 0.128 e. The van der Waals surface area contributed by atoms with Crippen molar-refractivity contribution in [2.45, 2.75) is 46.2 Å². The van der Waals surface area contributed by atoms with E-state index < -0.39 is 0 Å². The Labute approximate surface area is 134 Å². The van der Waals surface area contributed by atoms with Crippen LogP contribution in [0.25, 0.3) is 0 Å². The number of nitrogens with zero attached hydrogens (tertiary/aromatic N) is 1. The quantitative estimate of drug-likeness (QED) is 0.840. The predicted octanol–water partition coefficient (Wildman–Crippen LogP) is 4.59. The van der Waals surface area contributed by atoms with Crippen molar-refractivity contribution in [1.82, 2.24) is 10.3 Å². The van der Waals surface area contributed by atoms with Gasteiger partial charge >= 0.3 is 0 Å². The summed E-state index contributed by atoms with van der Waals surface area (Å²) < 4.78 is 13.9. The fourth-order valence-corrected chi connectivity index (χ4v) is 3.43. The zero-order valence-electron chi connectivity index (χ0n) is 12.5. The molecule has 114 valence electrons. The van der Waals surface area contributed by atoms with Gasteiger partial charge in [0.25, 0.3) is 0 Å². The van der Waals surface area contributed by atoms with E-state index in [0.717, 1.165) is 23.7 Å². The lowest BCUT2D eigenvalue weighted by Crippen LogP contribution is -2.21. The highest BCUT2D eigenvalue weighted by Gasteiger charge is 2.14. The second-order valence-electron chi connectivity index (χ2n) is 5.24. The zero-order valence-corrected chi connectivity index (χ0v) is 14.1. The zero-order chi connectivity index (χ0) is 15.4. The Kier molecular flexibility index (Phi) is 5.73. The average Bonchev–Trinajstić information content (AvgIpc) is 2.83. The molecule has 2 nitrogen and oxygen atoms in total. The molecule has 2 rings (SSSR count). The van der Waals surface area contributed by atoms with Gasteiger partial charge in [-0.3, -0.25) is 0 Å². The number of thiazole rings is 1. The van der Waals surface area contributed by atoms with Crippen LogP contribution in [0.2, 0.25) is 5.02 Å². The van der Waals surface area contributed by atoms with Crippen LogP contribution in [-0.4, -0.2) is 11.0 Å². The first-order valence-corrected chi connectivity index (χ1v) is 8.34. The molecule has 0 spiro atoms. The monoisotopic (exact) mass is 326 g/mol. The molecule has 0 aliphatic carbocycles. The van der Waals surface area contributed by atoms with Crippen LogP contribution >= 0.6 is 22.9 Å². The second kappa shape index (κ2) is 7.34. The number of rotatable bonds is 6. The lowest BCUT2D eigenvalue weighted by Gasteiger charge is -2.06. The summed E-state index contributed by atoms with van der Waals surface area (Å²) in [7, 11) is 0. The maximum Gasteiger partial charge on any atom is 0.128 e. The summed E-state index contributed by atoms with van der Waals surface area (Å²) in [6, 6.07) is 5.21. The average molecular weight is 327 g/mol. The van der Waals surface area contributed by atoms with Gasteiger partial charge < -0.3 is 5.32 Å². The third kappa shape index (κ3) is 4.25. The van der Waals surface area contributed by atoms with Crippen molar-refractivity contribution in [3.63, 3.8) is 0 Å². The highest BCUT2D eigenvalue weighted by molar-refractivity contribution is 7.11. The number of aromatic nitrogens is 1. The Morgan fingerprint density at radius 1 is 1.38 bits per heavy atom. The highest BCUT2D eigenvalue weighted by atomic mass is 35.5. The summed E-state index contributed by atoms with van der Waals surface area (Å²) >= 11 is 7.73. The number of aryl methyl sites for hydroxylation is 1. The van der Waals surface area contributed by atoms with Crippen LogP contribution in [-0.2, 0) is 19.4 Å². The fraction of sp³-hybridized carbons (Fsp3) is 0.438. The molecule has 21 heavy (non-hydrogen) atoms. The van der Waals surface area contributed by atoms with Crippen LogP contribution in [0.3, 0.4) is 0 Å². The van der Waals surface area contributed by atoms with Gasteiger partial charge in [0, 0.05) is 34.5 Å². The molecule has 0 aliphatic heterocycles. The first-order chi connectivity index (χ1) is 10.0. The molecule has 1 aromatic heterocycles. The Morgan fingerprint density at radius 2 is 2.14 bits per heavy atom. The summed E-state index contributed by atoms with van der Waals surface area (Å²) in [6.45, 7) is 7.14. The molecule has 1 N–H and O–H groups in total. The summed E-state index contributed by atoms with van der Waals surface area (Å²) in [5.41, 5.74) is 1.62. The van der Waals surface area contributed by atoms with Crippen LogP contribution in [0.1, 0.15) is 41.9 Å². The van der Waals surface area contributed by atoms with Crippen molar-refractivity contribution >= 4 is 22.9 Å². The van der Waals surface area contributed by atoms with Gasteiger partial charge in [-0.2, -0.15) is 0 Å². The van der Waals surface area contributed by atoms with Gasteiger partial charge in [0.1, 0.15) is 5.82 Å². The third-order valence-electron chi connectivity index (χ3n) is 3.22. The minimum Gasteiger partial charge on any atom is -0.310 e. The lowest BCUT2D eigenvalue weighted by molar-refractivity contribution is 0.590. The highest BCUT2D eigenvalue weighted by Crippen LogP contribution is 2.26. The minimum absolute atomic E-state index is 0.266. The molecule has 0 fully saturated rings. The van der Waals surface area contributed by atoms with Crippen molar-refractivity contribution < 1.29 is 4.39 Å². The van der Waals surface area contributed by atoms with Crippen molar-refractivity contribution in [3.8, 4) is 0 Å². The van der Waals surface area contributed by atoms with E-state index in [1.54, 1.807) is 23.5 Å².